The second-order valence-corrected chi connectivity index (χ2v) is 4.80. The molecule has 3 aromatic heterocycles. The van der Waals surface area contributed by atoms with E-state index in [1.165, 1.54) is 0 Å². The Labute approximate surface area is 117 Å². The van der Waals surface area contributed by atoms with Gasteiger partial charge in [-0.2, -0.15) is 4.98 Å². The average Bonchev–Trinajstić information content (AvgIpc) is 3.02. The minimum absolute atomic E-state index is 0.544. The normalized spacial score (nSPS) is 11.1. The van der Waals surface area contributed by atoms with Crippen LogP contribution in [-0.2, 0) is 13.1 Å². The van der Waals surface area contributed by atoms with Crippen molar-refractivity contribution in [1.82, 2.24) is 29.4 Å². The van der Waals surface area contributed by atoms with Crippen LogP contribution in [0.1, 0.15) is 12.7 Å². The largest absolute Gasteiger partial charge is 0.346 e. The number of nitrogens with one attached hydrogen (secondary N) is 1. The predicted octanol–water partition coefficient (Wildman–Crippen LogP) is 1.72. The van der Waals surface area contributed by atoms with Gasteiger partial charge in [0.2, 0.25) is 5.95 Å². The lowest BCUT2D eigenvalue weighted by Crippen LogP contribution is -2.08. The molecule has 0 radical (unpaired) electrons. The van der Waals surface area contributed by atoms with Gasteiger partial charge in [-0.3, -0.25) is 0 Å². The minimum atomic E-state index is 0.544. The summed E-state index contributed by atoms with van der Waals surface area (Å²) in [5, 5.41) is 15.4. The third-order valence-corrected chi connectivity index (χ3v) is 3.37. The van der Waals surface area contributed by atoms with E-state index in [1.807, 2.05) is 29.8 Å². The van der Waals surface area contributed by atoms with Gasteiger partial charge in [-0.25, -0.2) is 4.52 Å². The summed E-state index contributed by atoms with van der Waals surface area (Å²) in [4.78, 5) is 4.40. The van der Waals surface area contributed by atoms with E-state index in [9.17, 15) is 0 Å². The van der Waals surface area contributed by atoms with Gasteiger partial charge >= 0.3 is 0 Å². The number of hydrogen-bond acceptors (Lipinski definition) is 5. The van der Waals surface area contributed by atoms with Crippen LogP contribution in [0.2, 0.25) is 0 Å². The summed E-state index contributed by atoms with van der Waals surface area (Å²) in [5.41, 5.74) is 0.780. The Morgan fingerprint density at radius 2 is 2.32 bits per heavy atom. The van der Waals surface area contributed by atoms with E-state index in [0.717, 1.165) is 22.5 Å². The van der Waals surface area contributed by atoms with Gasteiger partial charge in [0.05, 0.1) is 11.0 Å². The molecule has 0 aromatic carbocycles. The zero-order chi connectivity index (χ0) is 13.2. The number of hydrogen-bond donors (Lipinski definition) is 1. The topological polar surface area (TPSA) is 72.9 Å². The third kappa shape index (κ3) is 2.30. The van der Waals surface area contributed by atoms with Gasteiger partial charge in [0, 0.05) is 12.7 Å². The van der Waals surface area contributed by atoms with Crippen molar-refractivity contribution >= 4 is 27.5 Å². The van der Waals surface area contributed by atoms with E-state index in [1.54, 1.807) is 10.8 Å². The molecule has 19 heavy (non-hydrogen) atoms. The lowest BCUT2D eigenvalue weighted by molar-refractivity contribution is 0.706. The zero-order valence-electron chi connectivity index (χ0n) is 10.3. The van der Waals surface area contributed by atoms with Crippen LogP contribution in [0.15, 0.2) is 29.1 Å². The minimum Gasteiger partial charge on any atom is -0.346 e. The maximum Gasteiger partial charge on any atom is 0.243 e. The highest BCUT2D eigenvalue weighted by Gasteiger charge is 2.07. The molecular weight excluding hydrogens is 310 g/mol. The highest BCUT2D eigenvalue weighted by molar-refractivity contribution is 9.10. The Balaban J connectivity index is 1.80. The van der Waals surface area contributed by atoms with Gasteiger partial charge in [-0.1, -0.05) is 0 Å². The average molecular weight is 322 g/mol. The van der Waals surface area contributed by atoms with E-state index in [0.29, 0.717) is 12.5 Å². The third-order valence-electron chi connectivity index (χ3n) is 2.76. The molecule has 7 nitrogen and oxygen atoms in total. The molecule has 0 bridgehead atoms. The highest BCUT2D eigenvalue weighted by atomic mass is 79.9. The maximum absolute atomic E-state index is 4.40. The van der Waals surface area contributed by atoms with Crippen LogP contribution in [-0.4, -0.2) is 29.4 Å². The molecule has 0 amide bonds. The summed E-state index contributed by atoms with van der Waals surface area (Å²) < 4.78 is 4.60. The first-order chi connectivity index (χ1) is 9.28. The Bertz CT molecular complexity index is 702. The van der Waals surface area contributed by atoms with Crippen molar-refractivity contribution in [2.24, 2.45) is 0 Å². The van der Waals surface area contributed by atoms with Gasteiger partial charge in [0.15, 0.2) is 11.5 Å². The van der Waals surface area contributed by atoms with Crippen molar-refractivity contribution in [3.63, 3.8) is 0 Å². The Kier molecular flexibility index (Phi) is 3.16. The molecule has 0 unspecified atom stereocenters. The second-order valence-electron chi connectivity index (χ2n) is 3.95. The number of fused-ring (bicyclic) bond motifs is 1. The molecule has 8 heteroatoms. The Morgan fingerprint density at radius 3 is 3.11 bits per heavy atom. The van der Waals surface area contributed by atoms with Crippen LogP contribution >= 0.6 is 15.9 Å². The lowest BCUT2D eigenvalue weighted by Gasteiger charge is -2.02. The van der Waals surface area contributed by atoms with Crippen molar-refractivity contribution < 1.29 is 0 Å². The van der Waals surface area contributed by atoms with Gasteiger partial charge in [0.1, 0.15) is 6.33 Å². The molecule has 0 saturated carbocycles. The second kappa shape index (κ2) is 4.96. The molecule has 0 atom stereocenters. The maximum atomic E-state index is 4.40. The summed E-state index contributed by atoms with van der Waals surface area (Å²) in [6, 6.07) is 3.84. The molecule has 0 aliphatic rings. The SMILES string of the molecule is CCn1cnnc1CNc1nc2c(Br)cccn2n1. The lowest BCUT2D eigenvalue weighted by atomic mass is 10.5. The fourth-order valence-corrected chi connectivity index (χ4v) is 2.21. The molecule has 3 heterocycles. The summed E-state index contributed by atoms with van der Waals surface area (Å²) in [5.74, 6) is 1.43. The number of anilines is 1. The number of aromatic nitrogens is 6. The first-order valence-electron chi connectivity index (χ1n) is 5.89. The van der Waals surface area contributed by atoms with Crippen molar-refractivity contribution in [2.75, 3.05) is 5.32 Å². The van der Waals surface area contributed by atoms with E-state index < -0.39 is 0 Å². The molecule has 0 spiro atoms. The first kappa shape index (κ1) is 12.1. The summed E-state index contributed by atoms with van der Waals surface area (Å²) in [6.07, 6.45) is 3.57. The van der Waals surface area contributed by atoms with Crippen LogP contribution in [0.5, 0.6) is 0 Å². The van der Waals surface area contributed by atoms with Crippen molar-refractivity contribution in [3.05, 3.63) is 35.0 Å². The number of nitrogens with zero attached hydrogens (tertiary/aromatic N) is 6. The smallest absolute Gasteiger partial charge is 0.243 e. The van der Waals surface area contributed by atoms with E-state index in [2.05, 4.69) is 41.5 Å². The summed E-state index contributed by atoms with van der Waals surface area (Å²) in [6.45, 7) is 3.43. The van der Waals surface area contributed by atoms with Gasteiger partial charge in [-0.05, 0) is 35.0 Å². The van der Waals surface area contributed by atoms with Crippen LogP contribution in [0.4, 0.5) is 5.95 Å². The summed E-state index contributed by atoms with van der Waals surface area (Å²) >= 11 is 3.45. The molecule has 0 fully saturated rings. The monoisotopic (exact) mass is 321 g/mol. The van der Waals surface area contributed by atoms with Crippen molar-refractivity contribution in [1.29, 1.82) is 0 Å². The van der Waals surface area contributed by atoms with E-state index in [-0.39, 0.29) is 0 Å². The molecule has 3 rings (SSSR count). The number of pyridine rings is 1. The van der Waals surface area contributed by atoms with Crippen molar-refractivity contribution in [3.8, 4) is 0 Å². The van der Waals surface area contributed by atoms with Gasteiger partial charge in [0.25, 0.3) is 0 Å². The zero-order valence-corrected chi connectivity index (χ0v) is 11.9. The summed E-state index contributed by atoms with van der Waals surface area (Å²) in [7, 11) is 0. The number of aryl methyl sites for hydroxylation is 1. The number of rotatable bonds is 4. The standard InChI is InChI=1S/C11H12BrN7/c1-2-18-7-14-16-9(18)6-13-11-15-10-8(12)4-3-5-19(10)17-11/h3-5,7H,2,6H2,1H3,(H,13,17). The van der Waals surface area contributed by atoms with Crippen molar-refractivity contribution in [2.45, 2.75) is 20.0 Å². The molecule has 98 valence electrons. The van der Waals surface area contributed by atoms with Gasteiger partial charge < -0.3 is 9.88 Å². The molecule has 0 aliphatic heterocycles. The fraction of sp³-hybridized carbons (Fsp3) is 0.273. The van der Waals surface area contributed by atoms with E-state index >= 15 is 0 Å². The first-order valence-corrected chi connectivity index (χ1v) is 6.68. The molecule has 1 N–H and O–H groups in total. The number of halogens is 1. The highest BCUT2D eigenvalue weighted by Crippen LogP contribution is 2.16. The Hall–Kier alpha value is -1.96. The molecule has 0 saturated heterocycles. The quantitative estimate of drug-likeness (QED) is 0.792. The fourth-order valence-electron chi connectivity index (χ4n) is 1.79. The van der Waals surface area contributed by atoms with Crippen LogP contribution in [0.3, 0.4) is 0 Å². The predicted molar refractivity (Wildman–Crippen MR) is 73.7 cm³/mol. The van der Waals surface area contributed by atoms with Crippen LogP contribution in [0, 0.1) is 0 Å². The molecule has 0 aliphatic carbocycles. The molecular formula is C11H12BrN7. The molecule has 3 aromatic rings. The van der Waals surface area contributed by atoms with E-state index in [4.69, 9.17) is 0 Å². The van der Waals surface area contributed by atoms with Gasteiger partial charge in [-0.15, -0.1) is 15.3 Å². The van der Waals surface area contributed by atoms with Crippen LogP contribution < -0.4 is 5.32 Å². The van der Waals surface area contributed by atoms with Crippen LogP contribution in [0.25, 0.3) is 5.65 Å². The Morgan fingerprint density at radius 1 is 1.42 bits per heavy atom.